The summed E-state index contributed by atoms with van der Waals surface area (Å²) in [6, 6.07) is 2.80. The molecule has 1 aromatic heterocycles. The van der Waals surface area contributed by atoms with Crippen molar-refractivity contribution in [1.82, 2.24) is 0 Å². The number of carbonyl (C=O) groups is 2. The van der Waals surface area contributed by atoms with Gasteiger partial charge in [0.05, 0.1) is 27.6 Å². The van der Waals surface area contributed by atoms with E-state index in [2.05, 4.69) is 12.2 Å². The SMILES string of the molecule is CC(C)OC(=O)c1c(NC(=O)c2ccc([N+](=O)[O-])cc2[N+](=O)[O-])sc2c1CC[C@@H](C)C2. The minimum absolute atomic E-state index is 0.266. The Hall–Kier alpha value is -3.34. The number of non-ortho nitro benzene ring substituents is 1. The summed E-state index contributed by atoms with van der Waals surface area (Å²) < 4.78 is 5.35. The Morgan fingerprint density at radius 2 is 1.94 bits per heavy atom. The number of benzene rings is 1. The van der Waals surface area contributed by atoms with Crippen molar-refractivity contribution in [3.05, 3.63) is 60.0 Å². The number of hydrogen-bond acceptors (Lipinski definition) is 8. The van der Waals surface area contributed by atoms with E-state index in [-0.39, 0.29) is 22.2 Å². The Labute approximate surface area is 181 Å². The molecule has 11 heteroatoms. The second kappa shape index (κ2) is 8.80. The van der Waals surface area contributed by atoms with Gasteiger partial charge in [0, 0.05) is 10.9 Å². The van der Waals surface area contributed by atoms with Crippen LogP contribution in [0.2, 0.25) is 0 Å². The van der Waals surface area contributed by atoms with E-state index in [0.29, 0.717) is 12.3 Å². The maximum Gasteiger partial charge on any atom is 0.341 e. The molecule has 0 saturated carbocycles. The Kier molecular flexibility index (Phi) is 6.34. The molecule has 0 bridgehead atoms. The van der Waals surface area contributed by atoms with Gasteiger partial charge in [0.15, 0.2) is 0 Å². The summed E-state index contributed by atoms with van der Waals surface area (Å²) >= 11 is 1.26. The highest BCUT2D eigenvalue weighted by molar-refractivity contribution is 7.17. The van der Waals surface area contributed by atoms with Gasteiger partial charge in [0.1, 0.15) is 10.6 Å². The van der Waals surface area contributed by atoms with Crippen molar-refractivity contribution in [2.75, 3.05) is 5.32 Å². The number of anilines is 1. The molecule has 0 radical (unpaired) electrons. The van der Waals surface area contributed by atoms with Crippen LogP contribution in [-0.2, 0) is 17.6 Å². The fourth-order valence-corrected chi connectivity index (χ4v) is 4.87. The maximum atomic E-state index is 12.9. The van der Waals surface area contributed by atoms with Gasteiger partial charge in [-0.2, -0.15) is 0 Å². The minimum atomic E-state index is -0.850. The molecule has 0 fully saturated rings. The van der Waals surface area contributed by atoms with Gasteiger partial charge in [-0.05, 0) is 50.7 Å². The molecule has 1 N–H and O–H groups in total. The summed E-state index contributed by atoms with van der Waals surface area (Å²) in [6.07, 6.45) is 1.97. The zero-order chi connectivity index (χ0) is 22.9. The van der Waals surface area contributed by atoms with Crippen LogP contribution in [0.3, 0.4) is 0 Å². The molecule has 10 nitrogen and oxygen atoms in total. The third kappa shape index (κ3) is 4.71. The fraction of sp³-hybridized carbons (Fsp3) is 0.400. The molecule has 1 aliphatic carbocycles. The van der Waals surface area contributed by atoms with Gasteiger partial charge in [0.25, 0.3) is 17.3 Å². The number of carbonyl (C=O) groups excluding carboxylic acids is 2. The number of fused-ring (bicyclic) bond motifs is 1. The number of ether oxygens (including phenoxy) is 1. The standard InChI is InChI=1S/C20H21N3O7S/c1-10(2)30-20(25)17-14-6-4-11(3)8-16(14)31-19(17)21-18(24)13-7-5-12(22(26)27)9-15(13)23(28)29/h5,7,9-11H,4,6,8H2,1-3H3,(H,21,24)/t11-/m1/s1. The molecule has 31 heavy (non-hydrogen) atoms. The lowest BCUT2D eigenvalue weighted by atomic mass is 9.88. The number of nitro benzene ring substituents is 2. The molecule has 1 heterocycles. The Bertz CT molecular complexity index is 1080. The van der Waals surface area contributed by atoms with Crippen LogP contribution < -0.4 is 5.32 Å². The van der Waals surface area contributed by atoms with Gasteiger partial charge in [-0.15, -0.1) is 11.3 Å². The second-order valence-electron chi connectivity index (χ2n) is 7.68. The average Bonchev–Trinajstić information content (AvgIpc) is 3.03. The summed E-state index contributed by atoms with van der Waals surface area (Å²) in [5, 5.41) is 25.2. The van der Waals surface area contributed by atoms with E-state index >= 15 is 0 Å². The van der Waals surface area contributed by atoms with E-state index in [1.54, 1.807) is 13.8 Å². The topological polar surface area (TPSA) is 142 Å². The van der Waals surface area contributed by atoms with Crippen LogP contribution in [0.4, 0.5) is 16.4 Å². The van der Waals surface area contributed by atoms with Crippen molar-refractivity contribution in [1.29, 1.82) is 0 Å². The number of thiophene rings is 1. The van der Waals surface area contributed by atoms with Crippen molar-refractivity contribution in [2.24, 2.45) is 5.92 Å². The van der Waals surface area contributed by atoms with E-state index in [4.69, 9.17) is 4.74 Å². The second-order valence-corrected chi connectivity index (χ2v) is 8.78. The van der Waals surface area contributed by atoms with Gasteiger partial charge in [-0.25, -0.2) is 4.79 Å². The maximum absolute atomic E-state index is 12.9. The summed E-state index contributed by atoms with van der Waals surface area (Å²) in [5.74, 6) is -0.957. The quantitative estimate of drug-likeness (QED) is 0.390. The van der Waals surface area contributed by atoms with E-state index in [1.807, 2.05) is 0 Å². The van der Waals surface area contributed by atoms with Crippen LogP contribution >= 0.6 is 11.3 Å². The van der Waals surface area contributed by atoms with Gasteiger partial charge in [0.2, 0.25) is 0 Å². The van der Waals surface area contributed by atoms with Gasteiger partial charge in [-0.1, -0.05) is 6.92 Å². The monoisotopic (exact) mass is 447 g/mol. The summed E-state index contributed by atoms with van der Waals surface area (Å²) in [6.45, 7) is 5.54. The van der Waals surface area contributed by atoms with Gasteiger partial charge >= 0.3 is 5.97 Å². The lowest BCUT2D eigenvalue weighted by Crippen LogP contribution is -2.19. The zero-order valence-electron chi connectivity index (χ0n) is 17.2. The fourth-order valence-electron chi connectivity index (χ4n) is 3.47. The molecular weight excluding hydrogens is 426 g/mol. The predicted octanol–water partition coefficient (Wildman–Crippen LogP) is 4.51. The number of esters is 1. The number of nitrogens with zero attached hydrogens (tertiary/aromatic N) is 2. The Balaban J connectivity index is 2.01. The van der Waals surface area contributed by atoms with Crippen molar-refractivity contribution in [2.45, 2.75) is 46.1 Å². The first-order valence-corrected chi connectivity index (χ1v) is 10.5. The van der Waals surface area contributed by atoms with Crippen LogP contribution in [0.15, 0.2) is 18.2 Å². The number of amides is 1. The van der Waals surface area contributed by atoms with Crippen LogP contribution in [0, 0.1) is 26.1 Å². The third-order valence-electron chi connectivity index (χ3n) is 4.92. The smallest absolute Gasteiger partial charge is 0.341 e. The molecule has 3 rings (SSSR count). The molecule has 1 atom stereocenters. The van der Waals surface area contributed by atoms with E-state index < -0.39 is 33.1 Å². The first-order chi connectivity index (χ1) is 14.6. The molecule has 0 unspecified atom stereocenters. The van der Waals surface area contributed by atoms with Crippen molar-refractivity contribution < 1.29 is 24.2 Å². The third-order valence-corrected chi connectivity index (χ3v) is 6.09. The highest BCUT2D eigenvalue weighted by Gasteiger charge is 2.31. The molecule has 1 amide bonds. The van der Waals surface area contributed by atoms with Crippen LogP contribution in [0.5, 0.6) is 0 Å². The highest BCUT2D eigenvalue weighted by atomic mass is 32.1. The zero-order valence-corrected chi connectivity index (χ0v) is 18.0. The predicted molar refractivity (Wildman–Crippen MR) is 114 cm³/mol. The molecule has 2 aromatic rings. The highest BCUT2D eigenvalue weighted by Crippen LogP contribution is 2.40. The summed E-state index contributed by atoms with van der Waals surface area (Å²) in [4.78, 5) is 47.3. The summed E-state index contributed by atoms with van der Waals surface area (Å²) in [7, 11) is 0. The van der Waals surface area contributed by atoms with E-state index in [0.717, 1.165) is 41.5 Å². The number of nitro groups is 2. The van der Waals surface area contributed by atoms with Gasteiger partial charge < -0.3 is 10.1 Å². The van der Waals surface area contributed by atoms with Crippen LogP contribution in [-0.4, -0.2) is 27.8 Å². The average molecular weight is 447 g/mol. The van der Waals surface area contributed by atoms with Crippen LogP contribution in [0.25, 0.3) is 0 Å². The Morgan fingerprint density at radius 1 is 1.23 bits per heavy atom. The van der Waals surface area contributed by atoms with Crippen molar-refractivity contribution in [3.63, 3.8) is 0 Å². The molecule has 0 aliphatic heterocycles. The lowest BCUT2D eigenvalue weighted by molar-refractivity contribution is -0.394. The molecule has 0 saturated heterocycles. The number of hydrogen-bond donors (Lipinski definition) is 1. The van der Waals surface area contributed by atoms with Crippen molar-refractivity contribution in [3.8, 4) is 0 Å². The number of nitrogens with one attached hydrogen (secondary N) is 1. The largest absolute Gasteiger partial charge is 0.459 e. The normalized spacial score (nSPS) is 15.3. The van der Waals surface area contributed by atoms with Gasteiger partial charge in [-0.3, -0.25) is 25.0 Å². The molecular formula is C20H21N3O7S. The number of rotatable bonds is 6. The minimum Gasteiger partial charge on any atom is -0.459 e. The first-order valence-electron chi connectivity index (χ1n) is 9.68. The van der Waals surface area contributed by atoms with Crippen molar-refractivity contribution >= 4 is 39.6 Å². The Morgan fingerprint density at radius 3 is 2.55 bits per heavy atom. The molecule has 1 aliphatic rings. The van der Waals surface area contributed by atoms with Crippen LogP contribution in [0.1, 0.15) is 58.3 Å². The van der Waals surface area contributed by atoms with E-state index in [1.165, 1.54) is 11.3 Å². The molecule has 164 valence electrons. The lowest BCUT2D eigenvalue weighted by Gasteiger charge is -2.18. The summed E-state index contributed by atoms with van der Waals surface area (Å²) in [5.41, 5.74) is -0.405. The molecule has 0 spiro atoms. The molecule has 1 aromatic carbocycles. The van der Waals surface area contributed by atoms with E-state index in [9.17, 15) is 29.8 Å². The first kappa shape index (κ1) is 22.3.